The average Bonchev–Trinajstić information content (AvgIpc) is 2.45. The molecule has 0 atom stereocenters. The first-order chi connectivity index (χ1) is 8.52. The van der Waals surface area contributed by atoms with E-state index in [1.165, 1.54) is 0 Å². The van der Waals surface area contributed by atoms with Crippen molar-refractivity contribution in [3.05, 3.63) is 12.1 Å². The van der Waals surface area contributed by atoms with Gasteiger partial charge < -0.3 is 14.0 Å². The van der Waals surface area contributed by atoms with Crippen molar-refractivity contribution >= 4 is 13.1 Å². The normalized spacial score (nSPS) is 21.9. The summed E-state index contributed by atoms with van der Waals surface area (Å²) < 4.78 is 16.7. The highest BCUT2D eigenvalue weighted by Gasteiger charge is 2.50. The van der Waals surface area contributed by atoms with Gasteiger partial charge in [0.25, 0.3) is 0 Å². The molecule has 0 aromatic rings. The Balaban J connectivity index is 2.71. The molecule has 0 radical (unpaired) electrons. The standard InChI is InChI=1S/C14H25BO4/c1-8-17-11(16)12(2,3)9-10-15-18-13(4,5)14(6,7)19-15/h9-10H,8H2,1-7H3/b10-9+. The molecule has 0 unspecified atom stereocenters. The van der Waals surface area contributed by atoms with Crippen molar-refractivity contribution in [1.29, 1.82) is 0 Å². The number of rotatable bonds is 4. The second-order valence-electron chi connectivity index (χ2n) is 6.43. The lowest BCUT2D eigenvalue weighted by Crippen LogP contribution is -2.41. The Bertz CT molecular complexity index is 356. The predicted molar refractivity (Wildman–Crippen MR) is 75.6 cm³/mol. The molecule has 0 spiro atoms. The lowest BCUT2D eigenvalue weighted by atomic mass is 9.83. The highest BCUT2D eigenvalue weighted by Crippen LogP contribution is 2.37. The van der Waals surface area contributed by atoms with Crippen molar-refractivity contribution in [3.8, 4) is 0 Å². The number of hydrogen-bond acceptors (Lipinski definition) is 4. The molecule has 19 heavy (non-hydrogen) atoms. The van der Waals surface area contributed by atoms with E-state index in [-0.39, 0.29) is 17.2 Å². The van der Waals surface area contributed by atoms with Gasteiger partial charge in [-0.05, 0) is 48.5 Å². The van der Waals surface area contributed by atoms with Crippen LogP contribution in [0.2, 0.25) is 0 Å². The van der Waals surface area contributed by atoms with Gasteiger partial charge in [0.15, 0.2) is 0 Å². The van der Waals surface area contributed by atoms with Crippen LogP contribution in [-0.2, 0) is 18.8 Å². The van der Waals surface area contributed by atoms with Crippen LogP contribution < -0.4 is 0 Å². The molecule has 1 saturated heterocycles. The molecule has 0 aromatic heterocycles. The Labute approximate surface area is 116 Å². The predicted octanol–water partition coefficient (Wildman–Crippen LogP) is 2.76. The monoisotopic (exact) mass is 268 g/mol. The Hall–Kier alpha value is -0.805. The second kappa shape index (κ2) is 5.29. The summed E-state index contributed by atoms with van der Waals surface area (Å²) in [5, 5.41) is 0. The molecule has 108 valence electrons. The molecule has 0 N–H and O–H groups in total. The maximum atomic E-state index is 11.8. The largest absolute Gasteiger partial charge is 0.486 e. The van der Waals surface area contributed by atoms with Crippen molar-refractivity contribution in [3.63, 3.8) is 0 Å². The molecule has 1 rings (SSSR count). The number of hydrogen-bond donors (Lipinski definition) is 0. The number of ether oxygens (including phenoxy) is 1. The van der Waals surface area contributed by atoms with Crippen molar-refractivity contribution in [2.24, 2.45) is 5.41 Å². The summed E-state index contributed by atoms with van der Waals surface area (Å²) in [7, 11) is -0.432. The summed E-state index contributed by atoms with van der Waals surface area (Å²) in [5.74, 6) is 1.54. The number of carbonyl (C=O) groups is 1. The van der Waals surface area contributed by atoms with Gasteiger partial charge in [0.1, 0.15) is 0 Å². The second-order valence-corrected chi connectivity index (χ2v) is 6.43. The topological polar surface area (TPSA) is 44.8 Å². The lowest BCUT2D eigenvalue weighted by molar-refractivity contribution is -0.150. The Morgan fingerprint density at radius 1 is 1.21 bits per heavy atom. The van der Waals surface area contributed by atoms with E-state index in [0.717, 1.165) is 0 Å². The zero-order valence-electron chi connectivity index (χ0n) is 13.1. The molecule has 5 heteroatoms. The van der Waals surface area contributed by atoms with Gasteiger partial charge in [0.2, 0.25) is 0 Å². The summed E-state index contributed by atoms with van der Waals surface area (Å²) in [5.41, 5.74) is -1.41. The third kappa shape index (κ3) is 3.60. The molecule has 1 aliphatic rings. The molecule has 0 amide bonds. The highest BCUT2D eigenvalue weighted by molar-refractivity contribution is 6.51. The quantitative estimate of drug-likeness (QED) is 0.581. The highest BCUT2D eigenvalue weighted by atomic mass is 16.7. The summed E-state index contributed by atoms with van der Waals surface area (Å²) in [6.07, 6.45) is 1.78. The molecule has 1 aliphatic heterocycles. The Morgan fingerprint density at radius 2 is 1.68 bits per heavy atom. The van der Waals surface area contributed by atoms with E-state index in [4.69, 9.17) is 14.0 Å². The molecule has 0 aromatic carbocycles. The molecule has 0 saturated carbocycles. The van der Waals surface area contributed by atoms with Crippen LogP contribution >= 0.6 is 0 Å². The van der Waals surface area contributed by atoms with Crippen molar-refractivity contribution in [2.45, 2.75) is 59.7 Å². The fraction of sp³-hybridized carbons (Fsp3) is 0.786. The zero-order valence-corrected chi connectivity index (χ0v) is 13.1. The van der Waals surface area contributed by atoms with E-state index in [9.17, 15) is 4.79 Å². The minimum absolute atomic E-state index is 0.247. The van der Waals surface area contributed by atoms with Crippen LogP contribution in [0.5, 0.6) is 0 Å². The third-order valence-electron chi connectivity index (χ3n) is 3.74. The minimum atomic E-state index is -0.681. The van der Waals surface area contributed by atoms with E-state index < -0.39 is 12.5 Å². The van der Waals surface area contributed by atoms with Crippen molar-refractivity contribution in [2.75, 3.05) is 6.61 Å². The molecular formula is C14H25BO4. The summed E-state index contributed by atoms with van der Waals surface area (Å²) in [6.45, 7) is 13.8. The van der Waals surface area contributed by atoms with Crippen molar-refractivity contribution < 1.29 is 18.8 Å². The molecule has 0 aliphatic carbocycles. The van der Waals surface area contributed by atoms with Gasteiger partial charge in [-0.3, -0.25) is 4.79 Å². The van der Waals surface area contributed by atoms with E-state index in [1.54, 1.807) is 19.0 Å². The van der Waals surface area contributed by atoms with E-state index >= 15 is 0 Å². The maximum Gasteiger partial charge on any atom is 0.486 e. The molecule has 4 nitrogen and oxygen atoms in total. The Kier molecular flexibility index (Phi) is 4.53. The van der Waals surface area contributed by atoms with Crippen molar-refractivity contribution in [1.82, 2.24) is 0 Å². The smallest absolute Gasteiger partial charge is 0.465 e. The average molecular weight is 268 g/mol. The van der Waals surface area contributed by atoms with E-state index in [0.29, 0.717) is 6.61 Å². The zero-order chi connectivity index (χ0) is 14.9. The fourth-order valence-corrected chi connectivity index (χ4v) is 1.67. The van der Waals surface area contributed by atoms with E-state index in [1.807, 2.05) is 41.5 Å². The van der Waals surface area contributed by atoms with Gasteiger partial charge in [-0.2, -0.15) is 0 Å². The van der Waals surface area contributed by atoms with Gasteiger partial charge in [-0.25, -0.2) is 0 Å². The summed E-state index contributed by atoms with van der Waals surface area (Å²) >= 11 is 0. The van der Waals surface area contributed by atoms with Crippen LogP contribution in [0.15, 0.2) is 12.1 Å². The first-order valence-corrected chi connectivity index (χ1v) is 6.74. The van der Waals surface area contributed by atoms with Crippen LogP contribution in [0.1, 0.15) is 48.5 Å². The van der Waals surface area contributed by atoms with Gasteiger partial charge in [-0.1, -0.05) is 12.1 Å². The minimum Gasteiger partial charge on any atom is -0.465 e. The molecular weight excluding hydrogens is 243 g/mol. The Morgan fingerprint density at radius 3 is 2.11 bits per heavy atom. The third-order valence-corrected chi connectivity index (χ3v) is 3.74. The number of carbonyl (C=O) groups excluding carboxylic acids is 1. The first kappa shape index (κ1) is 16.2. The van der Waals surface area contributed by atoms with Crippen LogP contribution in [0, 0.1) is 5.41 Å². The van der Waals surface area contributed by atoms with Gasteiger partial charge in [0, 0.05) is 0 Å². The lowest BCUT2D eigenvalue weighted by Gasteiger charge is -2.32. The van der Waals surface area contributed by atoms with Crippen LogP contribution in [0.25, 0.3) is 0 Å². The molecule has 0 bridgehead atoms. The van der Waals surface area contributed by atoms with Gasteiger partial charge in [-0.15, -0.1) is 0 Å². The summed E-state index contributed by atoms with van der Waals surface area (Å²) in [6, 6.07) is 0. The van der Waals surface area contributed by atoms with Gasteiger partial charge in [0.05, 0.1) is 23.2 Å². The van der Waals surface area contributed by atoms with Crippen LogP contribution in [0.3, 0.4) is 0 Å². The SMILES string of the molecule is CCOC(=O)C(C)(C)/C=C/B1OC(C)(C)C(C)(C)O1. The first-order valence-electron chi connectivity index (χ1n) is 6.74. The molecule has 1 fully saturated rings. The fourth-order valence-electron chi connectivity index (χ4n) is 1.67. The van der Waals surface area contributed by atoms with E-state index in [2.05, 4.69) is 0 Å². The van der Waals surface area contributed by atoms with Crippen LogP contribution in [0.4, 0.5) is 0 Å². The number of esters is 1. The summed E-state index contributed by atoms with van der Waals surface area (Å²) in [4.78, 5) is 11.8. The maximum absolute atomic E-state index is 11.8. The van der Waals surface area contributed by atoms with Crippen LogP contribution in [-0.4, -0.2) is 30.9 Å². The molecule has 1 heterocycles. The van der Waals surface area contributed by atoms with Gasteiger partial charge >= 0.3 is 13.1 Å².